The molecular formula is C6H11NO2. The standard InChI is InChI=1S/C6H11NO2/c1-2-4-3-6(4,7)5(8)9/h4H,2-3,7H2,1H3,(H,8,9)/t4-,6-/m0/s1/i3D/t3-,4+,6+/m1. The molecule has 0 aromatic heterocycles. The molecule has 52 valence electrons. The minimum Gasteiger partial charge on any atom is -0.544 e. The van der Waals surface area contributed by atoms with Crippen molar-refractivity contribution in [1.82, 2.24) is 0 Å². The highest BCUT2D eigenvalue weighted by Crippen LogP contribution is 2.40. The highest BCUT2D eigenvalue weighted by atomic mass is 16.4. The average Bonchev–Trinajstić information content (AvgIpc) is 2.38. The Morgan fingerprint density at radius 1 is 2.22 bits per heavy atom. The Balaban J connectivity index is 2.67. The quantitative estimate of drug-likeness (QED) is 0.476. The molecule has 1 rings (SSSR count). The number of aliphatic carboxylic acids is 1. The number of hydrogen-bond donors (Lipinski definition) is 1. The van der Waals surface area contributed by atoms with Crippen LogP contribution in [0.15, 0.2) is 0 Å². The van der Waals surface area contributed by atoms with E-state index < -0.39 is 17.9 Å². The van der Waals surface area contributed by atoms with Gasteiger partial charge in [-0.15, -0.1) is 0 Å². The Morgan fingerprint density at radius 2 is 2.78 bits per heavy atom. The number of carboxylic acid groups (broad SMARTS) is 1. The summed E-state index contributed by atoms with van der Waals surface area (Å²) < 4.78 is 7.25. The zero-order valence-electron chi connectivity index (χ0n) is 6.39. The van der Waals surface area contributed by atoms with Crippen molar-refractivity contribution >= 4 is 5.97 Å². The molecule has 1 saturated carbocycles. The van der Waals surface area contributed by atoms with Crippen LogP contribution in [0.25, 0.3) is 0 Å². The maximum Gasteiger partial charge on any atom is 0.138 e. The number of carboxylic acids is 1. The van der Waals surface area contributed by atoms with Crippen molar-refractivity contribution in [3.63, 3.8) is 0 Å². The summed E-state index contributed by atoms with van der Waals surface area (Å²) in [6.07, 6.45) is 0.147. The van der Waals surface area contributed by atoms with Crippen molar-refractivity contribution in [2.75, 3.05) is 0 Å². The molecule has 0 aliphatic heterocycles. The average molecular weight is 130 g/mol. The zero-order valence-corrected chi connectivity index (χ0v) is 5.39. The van der Waals surface area contributed by atoms with Gasteiger partial charge in [0.15, 0.2) is 0 Å². The molecular weight excluding hydrogens is 118 g/mol. The van der Waals surface area contributed by atoms with Gasteiger partial charge in [0.2, 0.25) is 0 Å². The van der Waals surface area contributed by atoms with Crippen molar-refractivity contribution in [2.45, 2.75) is 25.3 Å². The van der Waals surface area contributed by atoms with E-state index in [0.29, 0.717) is 6.42 Å². The number of rotatable bonds is 2. The van der Waals surface area contributed by atoms with Crippen LogP contribution in [0.1, 0.15) is 21.1 Å². The van der Waals surface area contributed by atoms with Gasteiger partial charge in [0.1, 0.15) is 11.5 Å². The van der Waals surface area contributed by atoms with Crippen molar-refractivity contribution in [3.8, 4) is 0 Å². The van der Waals surface area contributed by atoms with Crippen LogP contribution in [0, 0.1) is 5.92 Å². The minimum atomic E-state index is -1.18. The molecule has 3 nitrogen and oxygen atoms in total. The van der Waals surface area contributed by atoms with Gasteiger partial charge in [-0.1, -0.05) is 6.92 Å². The van der Waals surface area contributed by atoms with Crippen molar-refractivity contribution in [1.29, 1.82) is 0 Å². The summed E-state index contributed by atoms with van der Waals surface area (Å²) in [6, 6.07) is 0. The fraction of sp³-hybridized carbons (Fsp3) is 0.833. The van der Waals surface area contributed by atoms with E-state index in [1.54, 1.807) is 0 Å². The van der Waals surface area contributed by atoms with E-state index in [-0.39, 0.29) is 5.92 Å². The number of carbonyl (C=O) groups is 1. The molecule has 0 aromatic carbocycles. The van der Waals surface area contributed by atoms with Crippen LogP contribution in [-0.4, -0.2) is 11.5 Å². The summed E-state index contributed by atoms with van der Waals surface area (Å²) in [4.78, 5) is 10.4. The van der Waals surface area contributed by atoms with Gasteiger partial charge in [-0.2, -0.15) is 0 Å². The summed E-state index contributed by atoms with van der Waals surface area (Å²) in [5.74, 6) is -1.28. The molecule has 0 amide bonds. The molecule has 3 N–H and O–H groups in total. The van der Waals surface area contributed by atoms with Crippen LogP contribution in [0.2, 0.25) is 0 Å². The van der Waals surface area contributed by atoms with Gasteiger partial charge >= 0.3 is 0 Å². The fourth-order valence-corrected chi connectivity index (χ4v) is 1.01. The first-order valence-electron chi connectivity index (χ1n) is 3.62. The molecule has 3 atom stereocenters. The molecule has 3 heteroatoms. The van der Waals surface area contributed by atoms with Crippen molar-refractivity contribution < 1.29 is 17.0 Å². The summed E-state index contributed by atoms with van der Waals surface area (Å²) in [7, 11) is 0. The Kier molecular flexibility index (Phi) is 0.990. The van der Waals surface area contributed by atoms with E-state index in [0.717, 1.165) is 0 Å². The van der Waals surface area contributed by atoms with Gasteiger partial charge in [-0.05, 0) is 6.42 Å². The Bertz CT molecular complexity index is 173. The first kappa shape index (κ1) is 5.23. The summed E-state index contributed by atoms with van der Waals surface area (Å²) in [6.45, 7) is 1.86. The molecule has 0 saturated heterocycles. The van der Waals surface area contributed by atoms with E-state index in [4.69, 9.17) is 1.37 Å². The molecule has 0 spiro atoms. The number of carbonyl (C=O) groups excluding carboxylic acids is 1. The highest BCUT2D eigenvalue weighted by Gasteiger charge is 2.55. The lowest BCUT2D eigenvalue weighted by atomic mass is 10.2. The molecule has 0 radical (unpaired) electrons. The summed E-state index contributed by atoms with van der Waals surface area (Å²) in [5, 5.41) is 10.4. The van der Waals surface area contributed by atoms with Gasteiger partial charge in [0, 0.05) is 13.7 Å². The lowest BCUT2D eigenvalue weighted by molar-refractivity contribution is -0.457. The predicted octanol–water partition coefficient (Wildman–Crippen LogP) is -1.85. The summed E-state index contributed by atoms with van der Waals surface area (Å²) >= 11 is 0. The highest BCUT2D eigenvalue weighted by molar-refractivity contribution is 5.78. The zero-order chi connectivity index (χ0) is 7.94. The Hall–Kier alpha value is -0.570. The molecule has 0 unspecified atom stereocenters. The van der Waals surface area contributed by atoms with E-state index in [9.17, 15) is 9.90 Å². The number of hydrogen-bond acceptors (Lipinski definition) is 2. The largest absolute Gasteiger partial charge is 0.544 e. The maximum atomic E-state index is 10.4. The first-order chi connectivity index (χ1) is 4.55. The van der Waals surface area contributed by atoms with Crippen LogP contribution < -0.4 is 10.8 Å². The summed E-state index contributed by atoms with van der Waals surface area (Å²) in [5.41, 5.74) is 2.36. The van der Waals surface area contributed by atoms with Gasteiger partial charge in [0.25, 0.3) is 0 Å². The maximum absolute atomic E-state index is 10.4. The predicted molar refractivity (Wildman–Crippen MR) is 29.0 cm³/mol. The fourth-order valence-electron chi connectivity index (χ4n) is 1.01. The first-order valence-corrected chi connectivity index (χ1v) is 3.04. The lowest BCUT2D eigenvalue weighted by Crippen LogP contribution is -2.72. The SMILES string of the molecule is [2H][C@@H]1[C@H](CC)[C@]1([NH3+])C(=O)[O-]. The molecule has 1 fully saturated rings. The second-order valence-corrected chi connectivity index (χ2v) is 2.51. The van der Waals surface area contributed by atoms with Crippen LogP contribution in [0.3, 0.4) is 0 Å². The second-order valence-electron chi connectivity index (χ2n) is 2.51. The van der Waals surface area contributed by atoms with Crippen LogP contribution in [0.5, 0.6) is 0 Å². The third kappa shape index (κ3) is 0.812. The molecule has 0 bridgehead atoms. The third-order valence-electron chi connectivity index (χ3n) is 1.87. The molecule has 1 aliphatic carbocycles. The van der Waals surface area contributed by atoms with Gasteiger partial charge in [-0.3, -0.25) is 0 Å². The smallest absolute Gasteiger partial charge is 0.138 e. The second kappa shape index (κ2) is 1.70. The Morgan fingerprint density at radius 3 is 2.89 bits per heavy atom. The third-order valence-corrected chi connectivity index (χ3v) is 1.87. The monoisotopic (exact) mass is 130 g/mol. The van der Waals surface area contributed by atoms with Crippen LogP contribution >= 0.6 is 0 Å². The minimum absolute atomic E-state index is 0.0995. The lowest BCUT2D eigenvalue weighted by Gasteiger charge is -2.06. The van der Waals surface area contributed by atoms with Gasteiger partial charge in [-0.25, -0.2) is 0 Å². The molecule has 0 aromatic rings. The van der Waals surface area contributed by atoms with E-state index in [2.05, 4.69) is 5.73 Å². The number of quaternary nitrogens is 1. The molecule has 9 heavy (non-hydrogen) atoms. The normalized spacial score (nSPS) is 50.2. The Labute approximate surface area is 55.3 Å². The van der Waals surface area contributed by atoms with Gasteiger partial charge < -0.3 is 15.6 Å². The van der Waals surface area contributed by atoms with Crippen LogP contribution in [-0.2, 0) is 4.79 Å². The van der Waals surface area contributed by atoms with E-state index >= 15 is 0 Å². The van der Waals surface area contributed by atoms with Gasteiger partial charge in [0.05, 0.1) is 0 Å². The van der Waals surface area contributed by atoms with Crippen LogP contribution in [0.4, 0.5) is 0 Å². The molecule has 0 heterocycles. The molecule has 1 aliphatic rings. The van der Waals surface area contributed by atoms with E-state index in [1.807, 2.05) is 6.92 Å². The van der Waals surface area contributed by atoms with Crippen molar-refractivity contribution in [3.05, 3.63) is 0 Å². The van der Waals surface area contributed by atoms with E-state index in [1.165, 1.54) is 0 Å². The van der Waals surface area contributed by atoms with Crippen molar-refractivity contribution in [2.24, 2.45) is 5.92 Å². The topological polar surface area (TPSA) is 67.8 Å².